The van der Waals surface area contributed by atoms with Gasteiger partial charge in [0.2, 0.25) is 15.9 Å². The zero-order valence-corrected chi connectivity index (χ0v) is 20.5. The molecule has 0 N–H and O–H groups in total. The van der Waals surface area contributed by atoms with Crippen molar-refractivity contribution in [1.29, 1.82) is 0 Å². The number of rotatable bonds is 11. The van der Waals surface area contributed by atoms with Crippen molar-refractivity contribution in [2.24, 2.45) is 0 Å². The van der Waals surface area contributed by atoms with Crippen molar-refractivity contribution in [2.45, 2.75) is 75.7 Å². The molecule has 0 spiro atoms. The SMILES string of the molecule is CCCCn1c(SCc2nc(C(C)C)no2)nc2cc(S(=O)(=O)N(CC)CC)ccc21. The molecule has 0 amide bonds. The number of benzene rings is 1. The molecule has 0 bridgehead atoms. The standard InChI is InChI=1S/C21H31N5O3S2/c1-6-9-12-26-18-11-10-16(31(27,28)25(7-2)8-3)13-17(18)22-21(26)30-14-19-23-20(15(4)5)24-29-19/h10-11,13,15H,6-9,12,14H2,1-5H3. The van der Waals surface area contributed by atoms with Crippen molar-refractivity contribution < 1.29 is 12.9 Å². The average Bonchev–Trinajstić information content (AvgIpc) is 3.35. The molecule has 0 fully saturated rings. The Hall–Kier alpha value is -1.91. The van der Waals surface area contributed by atoms with E-state index in [0.29, 0.717) is 36.1 Å². The summed E-state index contributed by atoms with van der Waals surface area (Å²) in [6.07, 6.45) is 2.07. The molecule has 0 aliphatic carbocycles. The first-order valence-corrected chi connectivity index (χ1v) is 13.2. The van der Waals surface area contributed by atoms with E-state index in [2.05, 4.69) is 21.6 Å². The molecule has 2 heterocycles. The van der Waals surface area contributed by atoms with Crippen molar-refractivity contribution in [3.8, 4) is 0 Å². The van der Waals surface area contributed by atoms with E-state index in [1.807, 2.05) is 33.8 Å². The van der Waals surface area contributed by atoms with Crippen molar-refractivity contribution in [3.05, 3.63) is 29.9 Å². The van der Waals surface area contributed by atoms with E-state index in [4.69, 9.17) is 9.51 Å². The third-order valence-electron chi connectivity index (χ3n) is 5.09. The molecule has 2 aromatic heterocycles. The lowest BCUT2D eigenvalue weighted by atomic mass is 10.2. The van der Waals surface area contributed by atoms with Crippen molar-refractivity contribution in [1.82, 2.24) is 24.0 Å². The van der Waals surface area contributed by atoms with E-state index in [9.17, 15) is 8.42 Å². The van der Waals surface area contributed by atoms with Gasteiger partial charge in [-0.25, -0.2) is 13.4 Å². The zero-order chi connectivity index (χ0) is 22.6. The number of hydrogen-bond donors (Lipinski definition) is 0. The Kier molecular flexibility index (Phi) is 7.77. The van der Waals surface area contributed by atoms with Gasteiger partial charge in [0.1, 0.15) is 0 Å². The van der Waals surface area contributed by atoms with E-state index < -0.39 is 10.0 Å². The molecule has 1 aromatic carbocycles. The van der Waals surface area contributed by atoms with Crippen LogP contribution in [0.5, 0.6) is 0 Å². The maximum absolute atomic E-state index is 12.9. The topological polar surface area (TPSA) is 94.1 Å². The quantitative estimate of drug-likeness (QED) is 0.380. The summed E-state index contributed by atoms with van der Waals surface area (Å²) >= 11 is 1.53. The second-order valence-electron chi connectivity index (χ2n) is 7.63. The third-order valence-corrected chi connectivity index (χ3v) is 8.10. The number of sulfonamides is 1. The van der Waals surface area contributed by atoms with Crippen LogP contribution in [0.4, 0.5) is 0 Å². The fraction of sp³-hybridized carbons (Fsp3) is 0.571. The van der Waals surface area contributed by atoms with E-state index in [-0.39, 0.29) is 10.8 Å². The molecule has 0 unspecified atom stereocenters. The van der Waals surface area contributed by atoms with Gasteiger partial charge < -0.3 is 9.09 Å². The van der Waals surface area contributed by atoms with E-state index >= 15 is 0 Å². The summed E-state index contributed by atoms with van der Waals surface area (Å²) in [6.45, 7) is 11.6. The fourth-order valence-electron chi connectivity index (χ4n) is 3.29. The first-order valence-electron chi connectivity index (χ1n) is 10.8. The summed E-state index contributed by atoms with van der Waals surface area (Å²) in [5.41, 5.74) is 1.61. The molecule has 0 atom stereocenters. The van der Waals surface area contributed by atoms with Gasteiger partial charge in [0.15, 0.2) is 11.0 Å². The summed E-state index contributed by atoms with van der Waals surface area (Å²) in [5.74, 6) is 1.98. The minimum atomic E-state index is -3.53. The highest BCUT2D eigenvalue weighted by molar-refractivity contribution is 7.98. The average molecular weight is 466 g/mol. The molecule has 8 nitrogen and oxygen atoms in total. The second kappa shape index (κ2) is 10.1. The molecular formula is C21H31N5O3S2. The van der Waals surface area contributed by atoms with Crippen LogP contribution in [0.15, 0.2) is 32.8 Å². The Bertz CT molecular complexity index is 1120. The number of hydrogen-bond acceptors (Lipinski definition) is 7. The van der Waals surface area contributed by atoms with Gasteiger partial charge in [0.25, 0.3) is 0 Å². The second-order valence-corrected chi connectivity index (χ2v) is 10.5. The molecule has 31 heavy (non-hydrogen) atoms. The highest BCUT2D eigenvalue weighted by Crippen LogP contribution is 2.29. The van der Waals surface area contributed by atoms with Crippen LogP contribution in [0.2, 0.25) is 0 Å². The zero-order valence-electron chi connectivity index (χ0n) is 18.8. The smallest absolute Gasteiger partial charge is 0.243 e. The van der Waals surface area contributed by atoms with Gasteiger partial charge >= 0.3 is 0 Å². The van der Waals surface area contributed by atoms with Gasteiger partial charge in [0.05, 0.1) is 21.7 Å². The summed E-state index contributed by atoms with van der Waals surface area (Å²) in [7, 11) is -3.53. The van der Waals surface area contributed by atoms with Gasteiger partial charge in [-0.2, -0.15) is 9.29 Å². The number of nitrogens with zero attached hydrogens (tertiary/aromatic N) is 5. The van der Waals surface area contributed by atoms with E-state index in [0.717, 1.165) is 30.1 Å². The number of unbranched alkanes of at least 4 members (excludes halogenated alkanes) is 1. The van der Waals surface area contributed by atoms with Crippen LogP contribution in [0.25, 0.3) is 11.0 Å². The number of aryl methyl sites for hydroxylation is 1. The van der Waals surface area contributed by atoms with Gasteiger partial charge in [-0.05, 0) is 24.6 Å². The van der Waals surface area contributed by atoms with E-state index in [1.165, 1.54) is 16.1 Å². The molecule has 170 valence electrons. The van der Waals surface area contributed by atoms with Crippen LogP contribution < -0.4 is 0 Å². The van der Waals surface area contributed by atoms with Crippen LogP contribution >= 0.6 is 11.8 Å². The molecule has 10 heteroatoms. The van der Waals surface area contributed by atoms with Crippen LogP contribution in [0.3, 0.4) is 0 Å². The van der Waals surface area contributed by atoms with E-state index in [1.54, 1.807) is 12.1 Å². The Morgan fingerprint density at radius 1 is 1.16 bits per heavy atom. The lowest BCUT2D eigenvalue weighted by molar-refractivity contribution is 0.382. The summed E-state index contributed by atoms with van der Waals surface area (Å²) in [4.78, 5) is 9.47. The number of imidazole rings is 1. The maximum Gasteiger partial charge on any atom is 0.243 e. The van der Waals surface area contributed by atoms with Gasteiger partial charge in [0, 0.05) is 25.6 Å². The van der Waals surface area contributed by atoms with Crippen molar-refractivity contribution >= 4 is 32.8 Å². The van der Waals surface area contributed by atoms with Crippen molar-refractivity contribution in [3.63, 3.8) is 0 Å². The molecule has 0 saturated heterocycles. The Morgan fingerprint density at radius 3 is 2.52 bits per heavy atom. The van der Waals surface area contributed by atoms with Crippen LogP contribution in [0, 0.1) is 0 Å². The first-order chi connectivity index (χ1) is 14.8. The Labute approximate surface area is 188 Å². The highest BCUT2D eigenvalue weighted by Gasteiger charge is 2.23. The normalized spacial score (nSPS) is 12.5. The Balaban J connectivity index is 1.94. The third kappa shape index (κ3) is 5.12. The molecule has 3 rings (SSSR count). The van der Waals surface area contributed by atoms with Gasteiger partial charge in [-0.1, -0.05) is 58.0 Å². The summed E-state index contributed by atoms with van der Waals surface area (Å²) < 4.78 is 34.8. The first kappa shape index (κ1) is 23.7. The minimum absolute atomic E-state index is 0.211. The molecule has 0 aliphatic rings. The van der Waals surface area contributed by atoms with Crippen LogP contribution in [0.1, 0.15) is 65.1 Å². The van der Waals surface area contributed by atoms with Crippen LogP contribution in [-0.4, -0.2) is 45.5 Å². The fourth-order valence-corrected chi connectivity index (χ4v) is 5.65. The maximum atomic E-state index is 12.9. The highest BCUT2D eigenvalue weighted by atomic mass is 32.2. The predicted molar refractivity (Wildman–Crippen MR) is 123 cm³/mol. The van der Waals surface area contributed by atoms with Crippen LogP contribution in [-0.2, 0) is 22.3 Å². The summed E-state index contributed by atoms with van der Waals surface area (Å²) in [6, 6.07) is 5.22. The monoisotopic (exact) mass is 465 g/mol. The number of thioether (sulfide) groups is 1. The largest absolute Gasteiger partial charge is 0.338 e. The number of fused-ring (bicyclic) bond motifs is 1. The Morgan fingerprint density at radius 2 is 1.90 bits per heavy atom. The summed E-state index contributed by atoms with van der Waals surface area (Å²) in [5, 5.41) is 4.84. The van der Waals surface area contributed by atoms with Crippen molar-refractivity contribution in [2.75, 3.05) is 13.1 Å². The van der Waals surface area contributed by atoms with Gasteiger partial charge in [-0.15, -0.1) is 0 Å². The predicted octanol–water partition coefficient (Wildman–Crippen LogP) is 4.67. The molecule has 0 aliphatic heterocycles. The minimum Gasteiger partial charge on any atom is -0.338 e. The molecule has 0 saturated carbocycles. The molecule has 0 radical (unpaired) electrons. The lowest BCUT2D eigenvalue weighted by Crippen LogP contribution is -2.30. The molecule has 3 aromatic rings. The molecular weight excluding hydrogens is 434 g/mol. The number of aromatic nitrogens is 4. The lowest BCUT2D eigenvalue weighted by Gasteiger charge is -2.18. The van der Waals surface area contributed by atoms with Gasteiger partial charge in [-0.3, -0.25) is 0 Å².